The topological polar surface area (TPSA) is 153 Å². The van der Waals surface area contributed by atoms with Crippen LogP contribution in [0.15, 0.2) is 40.6 Å². The van der Waals surface area contributed by atoms with Gasteiger partial charge in [0.15, 0.2) is 11.4 Å². The van der Waals surface area contributed by atoms with Crippen molar-refractivity contribution >= 4 is 78.7 Å². The van der Waals surface area contributed by atoms with E-state index in [1.807, 2.05) is 6.08 Å². The van der Waals surface area contributed by atoms with E-state index in [1.165, 1.54) is 6.07 Å². The highest BCUT2D eigenvalue weighted by Gasteiger charge is 2.60. The zero-order valence-electron chi connectivity index (χ0n) is 40.4. The lowest BCUT2D eigenvalue weighted by atomic mass is 9.60. The monoisotopic (exact) mass is 1020 g/mol. The first-order chi connectivity index (χ1) is 31.3. The number of nitrogens with zero attached hydrogens (tertiary/aromatic N) is 2. The molecule has 4 unspecified atom stereocenters. The van der Waals surface area contributed by atoms with Gasteiger partial charge in [0.25, 0.3) is 8.53 Å². The zero-order valence-corrected chi connectivity index (χ0v) is 44.3. The van der Waals surface area contributed by atoms with Gasteiger partial charge in [-0.2, -0.15) is 5.26 Å². The zero-order chi connectivity index (χ0) is 49.8. The molecule has 0 bridgehead atoms. The summed E-state index contributed by atoms with van der Waals surface area (Å²) >= 11 is 27.6. The third-order valence-electron chi connectivity index (χ3n) is 12.0. The molecule has 4 atom stereocenters. The maximum Gasteiger partial charge on any atom is 0.339 e. The van der Waals surface area contributed by atoms with Gasteiger partial charge in [0.05, 0.1) is 62.2 Å². The van der Waals surface area contributed by atoms with Crippen molar-refractivity contribution in [1.29, 1.82) is 5.26 Å². The van der Waals surface area contributed by atoms with Crippen molar-refractivity contribution in [1.82, 2.24) is 9.99 Å². The third kappa shape index (κ3) is 12.4. The lowest BCUT2D eigenvalue weighted by molar-refractivity contribution is -0.148. The predicted molar refractivity (Wildman–Crippen MR) is 263 cm³/mol. The number of amides is 1. The number of hydrogen-bond acceptors (Lipinski definition) is 11. The van der Waals surface area contributed by atoms with Crippen molar-refractivity contribution in [3.63, 3.8) is 0 Å². The van der Waals surface area contributed by atoms with E-state index in [2.05, 4.69) is 43.8 Å². The van der Waals surface area contributed by atoms with E-state index < -0.39 is 54.7 Å². The Morgan fingerprint density at radius 2 is 1.48 bits per heavy atom. The van der Waals surface area contributed by atoms with E-state index in [0.29, 0.717) is 54.0 Å². The van der Waals surface area contributed by atoms with Crippen molar-refractivity contribution in [3.05, 3.63) is 83.5 Å². The van der Waals surface area contributed by atoms with Gasteiger partial charge >= 0.3 is 17.9 Å². The molecule has 0 fully saturated rings. The molecule has 2 aromatic carbocycles. The minimum Gasteiger partial charge on any atom is -0.445 e. The molecule has 0 radical (unpaired) electrons. The fourth-order valence-corrected chi connectivity index (χ4v) is 11.2. The molecular formula is C50H64Cl4N3O9P. The molecule has 1 spiro atoms. The van der Waals surface area contributed by atoms with E-state index in [9.17, 15) is 19.2 Å². The van der Waals surface area contributed by atoms with E-state index in [0.717, 1.165) is 25.7 Å². The van der Waals surface area contributed by atoms with Gasteiger partial charge in [0.2, 0.25) is 5.91 Å². The summed E-state index contributed by atoms with van der Waals surface area (Å²) in [6, 6.07) is 7.32. The number of hydrogen-bond donors (Lipinski definition) is 1. The summed E-state index contributed by atoms with van der Waals surface area (Å²) in [5.41, 5.74) is -0.387. The van der Waals surface area contributed by atoms with Gasteiger partial charge in [0.1, 0.15) is 5.76 Å². The quantitative estimate of drug-likeness (QED) is 0.0619. The van der Waals surface area contributed by atoms with Gasteiger partial charge in [0, 0.05) is 48.0 Å². The summed E-state index contributed by atoms with van der Waals surface area (Å²) in [4.78, 5) is 54.2. The van der Waals surface area contributed by atoms with Gasteiger partial charge < -0.3 is 28.6 Å². The molecule has 5 rings (SSSR count). The molecule has 0 saturated heterocycles. The van der Waals surface area contributed by atoms with Crippen molar-refractivity contribution < 1.29 is 42.4 Å². The third-order valence-corrected chi connectivity index (χ3v) is 15.5. The maximum absolute atomic E-state index is 14.0. The number of carbonyl (C=O) groups excluding carboxylic acids is 4. The first kappa shape index (κ1) is 54.7. The SMILES string of the molecule is Cc1c2c(cc(Cl)c1OC(=O)C(C)(C)C)C1(OC(=O)c3cc(Cl)c(Cl)cc31)C1C=C(CCC(=O)NCCCCCCOP(OCCC#N)N(C(C)C)C(C)C)C(OC(=O)C(C)(C)C)=C(Cl)C1C2. The molecule has 2 aromatic rings. The average molecular weight is 1020 g/mol. The minimum absolute atomic E-state index is 0.0458. The molecular weight excluding hydrogens is 959 g/mol. The van der Waals surface area contributed by atoms with Gasteiger partial charge in [-0.3, -0.25) is 14.4 Å². The van der Waals surface area contributed by atoms with Crippen LogP contribution in [-0.2, 0) is 44.9 Å². The summed E-state index contributed by atoms with van der Waals surface area (Å²) in [5, 5.41) is 12.7. The molecule has 0 aromatic heterocycles. The number of fused-ring (bicyclic) bond motifs is 6. The molecule has 1 heterocycles. The Hall–Kier alpha value is -3.24. The second-order valence-electron chi connectivity index (χ2n) is 19.9. The number of nitrogens with one attached hydrogen (secondary N) is 1. The fraction of sp³-hybridized carbons (Fsp3) is 0.580. The van der Waals surface area contributed by atoms with E-state index in [1.54, 1.807) is 60.6 Å². The smallest absolute Gasteiger partial charge is 0.339 e. The van der Waals surface area contributed by atoms with Crippen LogP contribution in [0.25, 0.3) is 0 Å². The Kier molecular flexibility index (Phi) is 18.5. The van der Waals surface area contributed by atoms with E-state index in [4.69, 9.17) is 74.9 Å². The summed E-state index contributed by atoms with van der Waals surface area (Å²) in [5.74, 6) is -2.88. The van der Waals surface area contributed by atoms with E-state index >= 15 is 0 Å². The maximum atomic E-state index is 14.0. The van der Waals surface area contributed by atoms with Gasteiger partial charge in [-0.15, -0.1) is 0 Å². The van der Waals surface area contributed by atoms with Crippen LogP contribution in [-0.4, -0.2) is 60.3 Å². The van der Waals surface area contributed by atoms with Crippen LogP contribution in [0.4, 0.5) is 0 Å². The minimum atomic E-state index is -1.56. The van der Waals surface area contributed by atoms with Crippen molar-refractivity contribution in [3.8, 4) is 11.8 Å². The van der Waals surface area contributed by atoms with Gasteiger partial charge in [-0.25, -0.2) is 9.46 Å². The highest BCUT2D eigenvalue weighted by atomic mass is 35.5. The molecule has 0 saturated carbocycles. The molecule has 1 N–H and O–H groups in total. The largest absolute Gasteiger partial charge is 0.445 e. The number of nitriles is 1. The summed E-state index contributed by atoms with van der Waals surface area (Å²) in [7, 11) is -1.30. The first-order valence-corrected chi connectivity index (χ1v) is 25.6. The van der Waals surface area contributed by atoms with Gasteiger partial charge in [-0.1, -0.05) is 65.3 Å². The second-order valence-corrected chi connectivity index (χ2v) is 23.0. The van der Waals surface area contributed by atoms with Gasteiger partial charge in [-0.05, 0) is 137 Å². The second kappa shape index (κ2) is 22.7. The van der Waals surface area contributed by atoms with Crippen LogP contribution in [0.2, 0.25) is 15.1 Å². The Morgan fingerprint density at radius 3 is 2.10 bits per heavy atom. The van der Waals surface area contributed by atoms with Crippen LogP contribution < -0.4 is 10.1 Å². The summed E-state index contributed by atoms with van der Waals surface area (Å²) < 4.78 is 33.0. The lowest BCUT2D eigenvalue weighted by Crippen LogP contribution is -2.47. The van der Waals surface area contributed by atoms with Crippen LogP contribution >= 0.6 is 54.9 Å². The van der Waals surface area contributed by atoms with Crippen LogP contribution in [0.3, 0.4) is 0 Å². The number of benzene rings is 2. The Morgan fingerprint density at radius 1 is 0.881 bits per heavy atom. The summed E-state index contributed by atoms with van der Waals surface area (Å²) in [6.45, 7) is 21.9. The average Bonchev–Trinajstić information content (AvgIpc) is 3.50. The molecule has 12 nitrogen and oxygen atoms in total. The Labute approximate surface area is 417 Å². The number of allylic oxidation sites excluding steroid dienone is 2. The fourth-order valence-electron chi connectivity index (χ4n) is 8.55. The molecule has 2 aliphatic carbocycles. The lowest BCUT2D eigenvalue weighted by Gasteiger charge is -2.48. The number of esters is 3. The number of carbonyl (C=O) groups is 4. The van der Waals surface area contributed by atoms with Crippen LogP contribution in [0.5, 0.6) is 5.75 Å². The molecule has 366 valence electrons. The standard InChI is InChI=1S/C50H64Cl4N3O9P/c1-28(2)57(29(3)4)67(63-22-16-19-55)62-21-15-13-12-14-20-56-41(58)18-17-31-23-35-33(42(54)44(31)65-47(61)49(9,10)11)24-32-30(5)43(64-46(60)48(6,7)8)40(53)27-36(32)50(35)37-26-39(52)38(51)25-34(37)45(59)66-50/h23,25-29,33,35H,12-18,20-22,24H2,1-11H3,(H,56,58). The normalized spacial score (nSPS) is 19.5. The highest BCUT2D eigenvalue weighted by molar-refractivity contribution is 7.44. The first-order valence-electron chi connectivity index (χ1n) is 22.9. The highest BCUT2D eigenvalue weighted by Crippen LogP contribution is 2.61. The Bertz CT molecular complexity index is 2320. The molecule has 67 heavy (non-hydrogen) atoms. The molecule has 1 amide bonds. The number of halogens is 4. The number of unbranched alkanes of at least 4 members (excludes halogenated alkanes) is 3. The van der Waals surface area contributed by atoms with Crippen molar-refractivity contribution in [2.75, 3.05) is 19.8 Å². The number of rotatable bonds is 19. The Balaban J connectivity index is 1.39. The summed E-state index contributed by atoms with van der Waals surface area (Å²) in [6.07, 6.45) is 5.99. The molecule has 17 heteroatoms. The molecule has 1 aliphatic heterocycles. The van der Waals surface area contributed by atoms with E-state index in [-0.39, 0.29) is 74.4 Å². The van der Waals surface area contributed by atoms with Crippen molar-refractivity contribution in [2.24, 2.45) is 22.7 Å². The predicted octanol–water partition coefficient (Wildman–Crippen LogP) is 12.8. The van der Waals surface area contributed by atoms with Crippen molar-refractivity contribution in [2.45, 2.75) is 145 Å². The van der Waals surface area contributed by atoms with Crippen LogP contribution in [0, 0.1) is 40.9 Å². The molecule has 3 aliphatic rings. The number of ether oxygens (including phenoxy) is 3. The van der Waals surface area contributed by atoms with Crippen LogP contribution in [0.1, 0.15) is 147 Å².